The van der Waals surface area contributed by atoms with Crippen molar-refractivity contribution in [2.24, 2.45) is 0 Å². The zero-order chi connectivity index (χ0) is 17.6. The molecule has 2 aromatic rings. The number of hydrogen-bond donors (Lipinski definition) is 2. The summed E-state index contributed by atoms with van der Waals surface area (Å²) >= 11 is 3.46. The fourth-order valence-corrected chi connectivity index (χ4v) is 3.81. The lowest BCUT2D eigenvalue weighted by Crippen LogP contribution is -2.34. The molecule has 4 nitrogen and oxygen atoms in total. The molecule has 0 aliphatic carbocycles. The van der Waals surface area contributed by atoms with Crippen LogP contribution < -0.4 is 10.1 Å². The summed E-state index contributed by atoms with van der Waals surface area (Å²) in [6.45, 7) is 3.73. The number of methoxy groups -OCH3 is 1. The van der Waals surface area contributed by atoms with Gasteiger partial charge in [0.1, 0.15) is 11.5 Å². The highest BCUT2D eigenvalue weighted by Crippen LogP contribution is 2.27. The molecule has 2 N–H and O–H groups in total. The summed E-state index contributed by atoms with van der Waals surface area (Å²) in [5.41, 5.74) is 2.17. The number of halogens is 1. The molecule has 0 bridgehead atoms. The number of rotatable bonds is 7. The zero-order valence-corrected chi connectivity index (χ0v) is 16.1. The molecule has 1 aliphatic heterocycles. The first kappa shape index (κ1) is 18.2. The van der Waals surface area contributed by atoms with Crippen LogP contribution in [0, 0.1) is 0 Å². The number of phenols is 1. The summed E-state index contributed by atoms with van der Waals surface area (Å²) in [5, 5.41) is 13.5. The van der Waals surface area contributed by atoms with Crippen molar-refractivity contribution >= 4 is 15.9 Å². The average Bonchev–Trinajstić information content (AvgIpc) is 3.16. The van der Waals surface area contributed by atoms with Crippen LogP contribution in [0.5, 0.6) is 11.5 Å². The SMILES string of the molecule is COc1cccc(C(CNCc2cc(Br)ccc2O)N2CCCC2)c1. The van der Waals surface area contributed by atoms with Gasteiger partial charge < -0.3 is 15.2 Å². The molecule has 5 heteroatoms. The number of aromatic hydroxyl groups is 1. The van der Waals surface area contributed by atoms with Crippen LogP contribution in [0.25, 0.3) is 0 Å². The fraction of sp³-hybridized carbons (Fsp3) is 0.400. The van der Waals surface area contributed by atoms with Gasteiger partial charge in [0.15, 0.2) is 0 Å². The van der Waals surface area contributed by atoms with E-state index >= 15 is 0 Å². The summed E-state index contributed by atoms with van der Waals surface area (Å²) in [6, 6.07) is 14.2. The van der Waals surface area contributed by atoms with Crippen LogP contribution in [-0.4, -0.2) is 36.8 Å². The third-order valence-electron chi connectivity index (χ3n) is 4.75. The van der Waals surface area contributed by atoms with Gasteiger partial charge in [0, 0.05) is 29.2 Å². The number of nitrogens with zero attached hydrogens (tertiary/aromatic N) is 1. The van der Waals surface area contributed by atoms with Crippen LogP contribution in [0.2, 0.25) is 0 Å². The van der Waals surface area contributed by atoms with Crippen molar-refractivity contribution in [2.75, 3.05) is 26.7 Å². The molecule has 0 amide bonds. The monoisotopic (exact) mass is 404 g/mol. The Bertz CT molecular complexity index is 702. The van der Waals surface area contributed by atoms with Crippen molar-refractivity contribution in [1.29, 1.82) is 0 Å². The first-order valence-electron chi connectivity index (χ1n) is 8.73. The van der Waals surface area contributed by atoms with Crippen molar-refractivity contribution < 1.29 is 9.84 Å². The molecule has 1 saturated heterocycles. The molecule has 0 radical (unpaired) electrons. The Morgan fingerprint density at radius 3 is 2.76 bits per heavy atom. The van der Waals surface area contributed by atoms with E-state index in [1.54, 1.807) is 13.2 Å². The van der Waals surface area contributed by atoms with E-state index in [0.717, 1.165) is 35.4 Å². The molecular formula is C20H25BrN2O2. The van der Waals surface area contributed by atoms with Crippen molar-refractivity contribution in [1.82, 2.24) is 10.2 Å². The molecule has 2 aromatic carbocycles. The maximum atomic E-state index is 10.0. The van der Waals surface area contributed by atoms with Gasteiger partial charge in [0.2, 0.25) is 0 Å². The molecule has 134 valence electrons. The van der Waals surface area contributed by atoms with Crippen molar-refractivity contribution in [2.45, 2.75) is 25.4 Å². The Labute approximate surface area is 157 Å². The topological polar surface area (TPSA) is 44.7 Å². The molecule has 3 rings (SSSR count). The lowest BCUT2D eigenvalue weighted by atomic mass is 10.0. The van der Waals surface area contributed by atoms with Gasteiger partial charge in [-0.3, -0.25) is 4.90 Å². The minimum atomic E-state index is 0.312. The molecule has 1 fully saturated rings. The smallest absolute Gasteiger partial charge is 0.120 e. The minimum Gasteiger partial charge on any atom is -0.508 e. The van der Waals surface area contributed by atoms with Crippen LogP contribution in [0.15, 0.2) is 46.9 Å². The summed E-state index contributed by atoms with van der Waals surface area (Å²) < 4.78 is 6.37. The predicted octanol–water partition coefficient (Wildman–Crippen LogP) is 4.09. The van der Waals surface area contributed by atoms with E-state index in [1.807, 2.05) is 18.2 Å². The van der Waals surface area contributed by atoms with Crippen LogP contribution in [0.3, 0.4) is 0 Å². The average molecular weight is 405 g/mol. The van der Waals surface area contributed by atoms with Gasteiger partial charge >= 0.3 is 0 Å². The Kier molecular flexibility index (Phi) is 6.34. The molecule has 1 unspecified atom stereocenters. The largest absolute Gasteiger partial charge is 0.508 e. The van der Waals surface area contributed by atoms with Crippen LogP contribution in [-0.2, 0) is 6.54 Å². The Morgan fingerprint density at radius 2 is 2.00 bits per heavy atom. The number of likely N-dealkylation sites (tertiary alicyclic amines) is 1. The number of benzene rings is 2. The summed E-state index contributed by atoms with van der Waals surface area (Å²) in [5.74, 6) is 1.22. The normalized spacial score (nSPS) is 16.1. The highest BCUT2D eigenvalue weighted by Gasteiger charge is 2.23. The highest BCUT2D eigenvalue weighted by atomic mass is 79.9. The third-order valence-corrected chi connectivity index (χ3v) is 5.25. The van der Waals surface area contributed by atoms with Gasteiger partial charge in [-0.25, -0.2) is 0 Å². The van der Waals surface area contributed by atoms with Gasteiger partial charge in [-0.1, -0.05) is 28.1 Å². The summed E-state index contributed by atoms with van der Waals surface area (Å²) in [6.07, 6.45) is 2.51. The lowest BCUT2D eigenvalue weighted by Gasteiger charge is -2.28. The van der Waals surface area contributed by atoms with Gasteiger partial charge in [-0.15, -0.1) is 0 Å². The van der Waals surface area contributed by atoms with Crippen LogP contribution in [0.1, 0.15) is 30.0 Å². The quantitative estimate of drug-likeness (QED) is 0.729. The van der Waals surface area contributed by atoms with E-state index in [9.17, 15) is 5.11 Å². The first-order valence-corrected chi connectivity index (χ1v) is 9.53. The van der Waals surface area contributed by atoms with E-state index < -0.39 is 0 Å². The number of hydrogen-bond acceptors (Lipinski definition) is 4. The van der Waals surface area contributed by atoms with Crippen LogP contribution in [0.4, 0.5) is 0 Å². The van der Waals surface area contributed by atoms with Gasteiger partial charge in [-0.05, 0) is 61.8 Å². The number of ether oxygens (including phenoxy) is 1. The third kappa shape index (κ3) is 4.75. The molecule has 25 heavy (non-hydrogen) atoms. The fourth-order valence-electron chi connectivity index (χ4n) is 3.40. The van der Waals surface area contributed by atoms with Crippen LogP contribution >= 0.6 is 15.9 Å². The van der Waals surface area contributed by atoms with E-state index in [4.69, 9.17) is 4.74 Å². The summed E-state index contributed by atoms with van der Waals surface area (Å²) in [4.78, 5) is 2.53. The molecule has 1 atom stereocenters. The first-order chi connectivity index (χ1) is 12.2. The van der Waals surface area contributed by atoms with Gasteiger partial charge in [-0.2, -0.15) is 0 Å². The van der Waals surface area contributed by atoms with E-state index in [2.05, 4.69) is 44.3 Å². The molecule has 0 spiro atoms. The number of nitrogens with one attached hydrogen (secondary N) is 1. The summed E-state index contributed by atoms with van der Waals surface area (Å²) in [7, 11) is 1.71. The second-order valence-corrected chi connectivity index (χ2v) is 7.36. The molecule has 1 aliphatic rings. The van der Waals surface area contributed by atoms with Crippen molar-refractivity contribution in [3.05, 3.63) is 58.1 Å². The van der Waals surface area contributed by atoms with Crippen molar-refractivity contribution in [3.63, 3.8) is 0 Å². The predicted molar refractivity (Wildman–Crippen MR) is 104 cm³/mol. The zero-order valence-electron chi connectivity index (χ0n) is 14.5. The maximum Gasteiger partial charge on any atom is 0.120 e. The van der Waals surface area contributed by atoms with E-state index in [0.29, 0.717) is 18.3 Å². The minimum absolute atomic E-state index is 0.312. The molecule has 0 aromatic heterocycles. The standard InChI is InChI=1S/C20H25BrN2O2/c1-25-18-6-4-5-15(12-18)19(23-9-2-3-10-23)14-22-13-16-11-17(21)7-8-20(16)24/h4-8,11-12,19,22,24H,2-3,9-10,13-14H2,1H3. The second-order valence-electron chi connectivity index (χ2n) is 6.44. The van der Waals surface area contributed by atoms with Crippen molar-refractivity contribution in [3.8, 4) is 11.5 Å². The lowest BCUT2D eigenvalue weighted by molar-refractivity contribution is 0.237. The maximum absolute atomic E-state index is 10.0. The molecule has 1 heterocycles. The Hall–Kier alpha value is -1.56. The number of phenolic OH excluding ortho intramolecular Hbond substituents is 1. The molecule has 0 saturated carbocycles. The van der Waals surface area contributed by atoms with E-state index in [1.165, 1.54) is 18.4 Å². The van der Waals surface area contributed by atoms with E-state index in [-0.39, 0.29) is 0 Å². The Balaban J connectivity index is 1.70. The Morgan fingerprint density at radius 1 is 1.20 bits per heavy atom. The highest BCUT2D eigenvalue weighted by molar-refractivity contribution is 9.10. The van der Waals surface area contributed by atoms with Gasteiger partial charge in [0.25, 0.3) is 0 Å². The second kappa shape index (κ2) is 8.70. The molecular weight excluding hydrogens is 380 g/mol. The van der Waals surface area contributed by atoms with Gasteiger partial charge in [0.05, 0.1) is 7.11 Å².